The molecule has 1 aromatic rings. The Morgan fingerprint density at radius 2 is 2.57 bits per heavy atom. The first kappa shape index (κ1) is 9.68. The van der Waals surface area contributed by atoms with Crippen molar-refractivity contribution in [3.8, 4) is 0 Å². The molecular weight excluding hydrogens is 176 g/mol. The minimum Gasteiger partial charge on any atom is -0.347 e. The third-order valence-corrected chi connectivity index (χ3v) is 2.98. The summed E-state index contributed by atoms with van der Waals surface area (Å²) in [5.41, 5.74) is 7.10. The molecule has 0 aromatic carbocycles. The molecule has 0 amide bonds. The summed E-state index contributed by atoms with van der Waals surface area (Å²) in [6.45, 7) is 4.31. The van der Waals surface area contributed by atoms with Gasteiger partial charge in [0.25, 0.3) is 0 Å². The molecular formula is C10H18N4. The average Bonchev–Trinajstić information content (AvgIpc) is 2.62. The number of nitrogens with zero attached hydrogens (tertiary/aromatic N) is 2. The highest BCUT2D eigenvalue weighted by Gasteiger charge is 2.23. The van der Waals surface area contributed by atoms with E-state index < -0.39 is 0 Å². The van der Waals surface area contributed by atoms with Crippen LogP contribution >= 0.6 is 0 Å². The summed E-state index contributed by atoms with van der Waals surface area (Å²) in [5, 5.41) is 0. The molecule has 2 atom stereocenters. The van der Waals surface area contributed by atoms with E-state index in [2.05, 4.69) is 21.8 Å². The fraction of sp³-hybridized carbons (Fsp3) is 0.700. The van der Waals surface area contributed by atoms with Crippen molar-refractivity contribution in [2.45, 2.75) is 38.4 Å². The summed E-state index contributed by atoms with van der Waals surface area (Å²) in [5.74, 6) is 0. The van der Waals surface area contributed by atoms with Crippen LogP contribution in [-0.4, -0.2) is 33.5 Å². The lowest BCUT2D eigenvalue weighted by Crippen LogP contribution is -2.45. The fourth-order valence-electron chi connectivity index (χ4n) is 2.08. The predicted molar refractivity (Wildman–Crippen MR) is 55.7 cm³/mol. The maximum Gasteiger partial charge on any atom is 0.0922 e. The van der Waals surface area contributed by atoms with E-state index in [0.29, 0.717) is 12.1 Å². The molecule has 0 spiro atoms. The molecule has 0 radical (unpaired) electrons. The van der Waals surface area contributed by atoms with E-state index >= 15 is 0 Å². The Morgan fingerprint density at radius 1 is 1.71 bits per heavy atom. The summed E-state index contributed by atoms with van der Waals surface area (Å²) in [4.78, 5) is 9.61. The zero-order chi connectivity index (χ0) is 9.97. The number of hydrogen-bond acceptors (Lipinski definition) is 3. The highest BCUT2D eigenvalue weighted by atomic mass is 15.2. The smallest absolute Gasteiger partial charge is 0.0922 e. The van der Waals surface area contributed by atoms with Gasteiger partial charge in [-0.05, 0) is 19.8 Å². The molecule has 1 saturated heterocycles. The number of nitrogens with two attached hydrogens (primary N) is 1. The quantitative estimate of drug-likeness (QED) is 0.729. The molecule has 1 aromatic heterocycles. The van der Waals surface area contributed by atoms with Crippen LogP contribution in [0.2, 0.25) is 0 Å². The number of H-pyrrole nitrogens is 1. The van der Waals surface area contributed by atoms with Crippen LogP contribution in [0.5, 0.6) is 0 Å². The Labute approximate surface area is 84.5 Å². The van der Waals surface area contributed by atoms with Gasteiger partial charge >= 0.3 is 0 Å². The Kier molecular flexibility index (Phi) is 2.84. The second kappa shape index (κ2) is 4.11. The maximum atomic E-state index is 5.91. The number of imidazole rings is 1. The number of hydrogen-bond donors (Lipinski definition) is 2. The Morgan fingerprint density at radius 3 is 3.21 bits per heavy atom. The molecule has 1 aliphatic rings. The SMILES string of the molecule is CC1CC(N)CCN1Cc1cnc[nH]1. The molecule has 1 fully saturated rings. The summed E-state index contributed by atoms with van der Waals surface area (Å²) in [6, 6.07) is 0.977. The van der Waals surface area contributed by atoms with E-state index in [1.165, 1.54) is 5.69 Å². The highest BCUT2D eigenvalue weighted by Crippen LogP contribution is 2.17. The molecule has 4 nitrogen and oxygen atoms in total. The lowest BCUT2D eigenvalue weighted by atomic mass is 9.99. The van der Waals surface area contributed by atoms with Crippen LogP contribution in [0.1, 0.15) is 25.5 Å². The van der Waals surface area contributed by atoms with Gasteiger partial charge < -0.3 is 10.7 Å². The van der Waals surface area contributed by atoms with E-state index in [1.54, 1.807) is 6.33 Å². The van der Waals surface area contributed by atoms with Crippen molar-refractivity contribution < 1.29 is 0 Å². The molecule has 0 bridgehead atoms. The van der Waals surface area contributed by atoms with Crippen molar-refractivity contribution in [2.75, 3.05) is 6.54 Å². The highest BCUT2D eigenvalue weighted by molar-refractivity contribution is 4.95. The van der Waals surface area contributed by atoms with Crippen molar-refractivity contribution in [3.63, 3.8) is 0 Å². The van der Waals surface area contributed by atoms with Gasteiger partial charge in [0, 0.05) is 37.1 Å². The first-order chi connectivity index (χ1) is 6.75. The predicted octanol–water partition coefficient (Wildman–Crippen LogP) is 0.721. The summed E-state index contributed by atoms with van der Waals surface area (Å²) < 4.78 is 0. The minimum atomic E-state index is 0.392. The standard InChI is InChI=1S/C10H18N4/c1-8-4-9(11)2-3-14(8)6-10-5-12-7-13-10/h5,7-9H,2-4,6,11H2,1H3,(H,12,13). The van der Waals surface area contributed by atoms with Gasteiger partial charge in [0.1, 0.15) is 0 Å². The number of aromatic amines is 1. The topological polar surface area (TPSA) is 57.9 Å². The van der Waals surface area contributed by atoms with Crippen molar-refractivity contribution >= 4 is 0 Å². The second-order valence-electron chi connectivity index (χ2n) is 4.18. The summed E-state index contributed by atoms with van der Waals surface area (Å²) >= 11 is 0. The van der Waals surface area contributed by atoms with Crippen molar-refractivity contribution in [1.29, 1.82) is 0 Å². The van der Waals surface area contributed by atoms with Crippen LogP contribution in [0.4, 0.5) is 0 Å². The van der Waals surface area contributed by atoms with Crippen LogP contribution in [0, 0.1) is 0 Å². The first-order valence-electron chi connectivity index (χ1n) is 5.22. The van der Waals surface area contributed by atoms with E-state index in [1.807, 2.05) is 6.20 Å². The normalized spacial score (nSPS) is 29.3. The van der Waals surface area contributed by atoms with Crippen molar-refractivity contribution in [3.05, 3.63) is 18.2 Å². The monoisotopic (exact) mass is 194 g/mol. The average molecular weight is 194 g/mol. The molecule has 0 aliphatic carbocycles. The molecule has 2 heterocycles. The first-order valence-corrected chi connectivity index (χ1v) is 5.22. The number of nitrogens with one attached hydrogen (secondary N) is 1. The molecule has 0 saturated carbocycles. The number of likely N-dealkylation sites (tertiary alicyclic amines) is 1. The van der Waals surface area contributed by atoms with Crippen LogP contribution in [-0.2, 0) is 6.54 Å². The van der Waals surface area contributed by atoms with Crippen LogP contribution in [0.3, 0.4) is 0 Å². The van der Waals surface area contributed by atoms with Gasteiger partial charge in [0.15, 0.2) is 0 Å². The largest absolute Gasteiger partial charge is 0.347 e. The van der Waals surface area contributed by atoms with E-state index in [0.717, 1.165) is 25.9 Å². The molecule has 2 rings (SSSR count). The zero-order valence-electron chi connectivity index (χ0n) is 8.61. The molecule has 2 unspecified atom stereocenters. The second-order valence-corrected chi connectivity index (χ2v) is 4.18. The van der Waals surface area contributed by atoms with Gasteiger partial charge in [-0.15, -0.1) is 0 Å². The lowest BCUT2D eigenvalue weighted by Gasteiger charge is -2.35. The third kappa shape index (κ3) is 2.13. The van der Waals surface area contributed by atoms with Crippen molar-refractivity contribution in [2.24, 2.45) is 5.73 Å². The number of aromatic nitrogens is 2. The van der Waals surface area contributed by atoms with E-state index in [9.17, 15) is 0 Å². The van der Waals surface area contributed by atoms with Gasteiger partial charge in [-0.2, -0.15) is 0 Å². The summed E-state index contributed by atoms with van der Waals surface area (Å²) in [7, 11) is 0. The molecule has 1 aliphatic heterocycles. The van der Waals surface area contributed by atoms with Crippen LogP contribution in [0.25, 0.3) is 0 Å². The van der Waals surface area contributed by atoms with Gasteiger partial charge in [-0.3, -0.25) is 4.90 Å². The van der Waals surface area contributed by atoms with Crippen molar-refractivity contribution in [1.82, 2.24) is 14.9 Å². The Balaban J connectivity index is 1.92. The Bertz CT molecular complexity index is 270. The maximum absolute atomic E-state index is 5.91. The van der Waals surface area contributed by atoms with E-state index in [-0.39, 0.29) is 0 Å². The minimum absolute atomic E-state index is 0.392. The van der Waals surface area contributed by atoms with E-state index in [4.69, 9.17) is 5.73 Å². The zero-order valence-corrected chi connectivity index (χ0v) is 8.61. The molecule has 3 N–H and O–H groups in total. The molecule has 14 heavy (non-hydrogen) atoms. The van der Waals surface area contributed by atoms with Gasteiger partial charge in [0.05, 0.1) is 6.33 Å². The summed E-state index contributed by atoms with van der Waals surface area (Å²) in [6.07, 6.45) is 5.84. The Hall–Kier alpha value is -0.870. The van der Waals surface area contributed by atoms with Gasteiger partial charge in [-0.25, -0.2) is 4.98 Å². The van der Waals surface area contributed by atoms with Gasteiger partial charge in [-0.1, -0.05) is 0 Å². The molecule has 4 heteroatoms. The fourth-order valence-corrected chi connectivity index (χ4v) is 2.08. The third-order valence-electron chi connectivity index (χ3n) is 2.98. The van der Waals surface area contributed by atoms with Crippen LogP contribution in [0.15, 0.2) is 12.5 Å². The lowest BCUT2D eigenvalue weighted by molar-refractivity contribution is 0.138. The van der Waals surface area contributed by atoms with Gasteiger partial charge in [0.2, 0.25) is 0 Å². The number of rotatable bonds is 2. The van der Waals surface area contributed by atoms with Crippen LogP contribution < -0.4 is 5.73 Å². The molecule has 78 valence electrons. The number of piperidine rings is 1.